The van der Waals surface area contributed by atoms with Crippen LogP contribution in [0.4, 0.5) is 0 Å². The molecule has 1 amide bonds. The minimum Gasteiger partial charge on any atom is -0.336 e. The Morgan fingerprint density at radius 2 is 1.73 bits per heavy atom. The lowest BCUT2D eigenvalue weighted by molar-refractivity contribution is 0.0666. The Morgan fingerprint density at radius 1 is 1.04 bits per heavy atom. The minimum absolute atomic E-state index is 0.0683. The van der Waals surface area contributed by atoms with Gasteiger partial charge in [0, 0.05) is 38.8 Å². The van der Waals surface area contributed by atoms with Gasteiger partial charge in [0.25, 0.3) is 5.91 Å². The second kappa shape index (κ2) is 6.53. The van der Waals surface area contributed by atoms with Crippen LogP contribution in [0.1, 0.15) is 16.1 Å². The van der Waals surface area contributed by atoms with Gasteiger partial charge in [0.2, 0.25) is 0 Å². The van der Waals surface area contributed by atoms with Crippen molar-refractivity contribution in [3.8, 4) is 11.3 Å². The average Bonchev–Trinajstić information content (AvgIpc) is 2.96. The van der Waals surface area contributed by atoms with Crippen molar-refractivity contribution >= 4 is 16.9 Å². The summed E-state index contributed by atoms with van der Waals surface area (Å²) in [7, 11) is 3.96. The molecule has 0 unspecified atom stereocenters. The molecule has 1 saturated heterocycles. The summed E-state index contributed by atoms with van der Waals surface area (Å²) < 4.78 is 1.76. The number of pyridine rings is 1. The number of rotatable bonds is 2. The largest absolute Gasteiger partial charge is 0.336 e. The van der Waals surface area contributed by atoms with Gasteiger partial charge in [0.05, 0.1) is 22.3 Å². The van der Waals surface area contributed by atoms with Crippen LogP contribution in [-0.2, 0) is 7.05 Å². The lowest BCUT2D eigenvalue weighted by Gasteiger charge is -2.32. The molecule has 0 bridgehead atoms. The summed E-state index contributed by atoms with van der Waals surface area (Å²) in [5.41, 5.74) is 4.09. The Kier molecular flexibility index (Phi) is 4.20. The normalized spacial score (nSPS) is 15.6. The van der Waals surface area contributed by atoms with Gasteiger partial charge in [-0.1, -0.05) is 30.3 Å². The number of hydrogen-bond acceptors (Lipinski definition) is 4. The third-order valence-corrected chi connectivity index (χ3v) is 5.06. The smallest absolute Gasteiger partial charge is 0.254 e. The van der Waals surface area contributed by atoms with E-state index in [0.29, 0.717) is 5.56 Å². The number of likely N-dealkylation sites (N-methyl/N-ethyl adjacent to an activating group) is 1. The fourth-order valence-electron chi connectivity index (χ4n) is 3.55. The van der Waals surface area contributed by atoms with Crippen molar-refractivity contribution < 1.29 is 4.79 Å². The van der Waals surface area contributed by atoms with Crippen LogP contribution < -0.4 is 0 Å². The van der Waals surface area contributed by atoms with Gasteiger partial charge < -0.3 is 9.80 Å². The zero-order valence-electron chi connectivity index (χ0n) is 15.4. The number of amides is 1. The quantitative estimate of drug-likeness (QED) is 0.713. The molecule has 0 spiro atoms. The van der Waals surface area contributed by atoms with E-state index in [9.17, 15) is 4.79 Å². The van der Waals surface area contributed by atoms with Crippen LogP contribution in [-0.4, -0.2) is 63.7 Å². The molecule has 0 atom stereocenters. The lowest BCUT2D eigenvalue weighted by Crippen LogP contribution is -2.47. The van der Waals surface area contributed by atoms with Gasteiger partial charge in [0.1, 0.15) is 0 Å². The Hall–Kier alpha value is -2.73. The lowest BCUT2D eigenvalue weighted by atomic mass is 10.0. The maximum Gasteiger partial charge on any atom is 0.254 e. The van der Waals surface area contributed by atoms with Crippen molar-refractivity contribution in [2.75, 3.05) is 33.2 Å². The number of nitrogens with zero attached hydrogens (tertiary/aromatic N) is 5. The van der Waals surface area contributed by atoms with E-state index >= 15 is 0 Å². The van der Waals surface area contributed by atoms with Gasteiger partial charge in [-0.15, -0.1) is 0 Å². The van der Waals surface area contributed by atoms with E-state index < -0.39 is 0 Å². The van der Waals surface area contributed by atoms with Crippen LogP contribution in [0.2, 0.25) is 0 Å². The van der Waals surface area contributed by atoms with Crippen LogP contribution in [0.15, 0.2) is 36.4 Å². The number of aromatic nitrogens is 3. The van der Waals surface area contributed by atoms with Crippen molar-refractivity contribution in [1.82, 2.24) is 24.6 Å². The number of piperazine rings is 1. The van der Waals surface area contributed by atoms with Crippen LogP contribution >= 0.6 is 0 Å². The van der Waals surface area contributed by atoms with Gasteiger partial charge >= 0.3 is 0 Å². The molecule has 1 aromatic carbocycles. The van der Waals surface area contributed by atoms with Crippen LogP contribution in [0.3, 0.4) is 0 Å². The van der Waals surface area contributed by atoms with Gasteiger partial charge in [-0.25, -0.2) is 4.98 Å². The molecule has 1 aliphatic rings. The van der Waals surface area contributed by atoms with E-state index in [2.05, 4.69) is 17.0 Å². The van der Waals surface area contributed by atoms with Crippen molar-refractivity contribution in [3.05, 3.63) is 47.7 Å². The predicted molar refractivity (Wildman–Crippen MR) is 102 cm³/mol. The van der Waals surface area contributed by atoms with Crippen LogP contribution in [0.5, 0.6) is 0 Å². The third kappa shape index (κ3) is 2.86. The fraction of sp³-hybridized carbons (Fsp3) is 0.350. The van der Waals surface area contributed by atoms with E-state index in [1.165, 1.54) is 0 Å². The molecule has 3 aromatic rings. The molecule has 3 heterocycles. The van der Waals surface area contributed by atoms with Crippen molar-refractivity contribution in [2.24, 2.45) is 7.05 Å². The summed E-state index contributed by atoms with van der Waals surface area (Å²) in [5, 5.41) is 5.36. The van der Waals surface area contributed by atoms with Crippen LogP contribution in [0.25, 0.3) is 22.3 Å². The van der Waals surface area contributed by atoms with Gasteiger partial charge in [-0.05, 0) is 20.0 Å². The van der Waals surface area contributed by atoms with Gasteiger partial charge in [0.15, 0.2) is 5.65 Å². The minimum atomic E-state index is 0.0683. The monoisotopic (exact) mass is 349 g/mol. The highest BCUT2D eigenvalue weighted by Gasteiger charge is 2.25. The van der Waals surface area contributed by atoms with E-state index in [-0.39, 0.29) is 5.91 Å². The number of carbonyl (C=O) groups excluding carboxylic acids is 1. The topological polar surface area (TPSA) is 54.3 Å². The van der Waals surface area contributed by atoms with E-state index in [0.717, 1.165) is 54.2 Å². The average molecular weight is 349 g/mol. The highest BCUT2D eigenvalue weighted by atomic mass is 16.2. The zero-order chi connectivity index (χ0) is 18.3. The molecule has 0 N–H and O–H groups in total. The highest BCUT2D eigenvalue weighted by molar-refractivity contribution is 6.07. The molecule has 1 aliphatic heterocycles. The molecule has 6 nitrogen and oxygen atoms in total. The highest BCUT2D eigenvalue weighted by Crippen LogP contribution is 2.28. The van der Waals surface area contributed by atoms with E-state index in [4.69, 9.17) is 4.98 Å². The van der Waals surface area contributed by atoms with Gasteiger partial charge in [-0.2, -0.15) is 5.10 Å². The summed E-state index contributed by atoms with van der Waals surface area (Å²) in [6.07, 6.45) is 0. The number of benzene rings is 1. The molecule has 0 saturated carbocycles. The summed E-state index contributed by atoms with van der Waals surface area (Å²) in [6, 6.07) is 11.9. The predicted octanol–water partition coefficient (Wildman–Crippen LogP) is 2.33. The Balaban J connectivity index is 1.85. The maximum atomic E-state index is 13.3. The maximum absolute atomic E-state index is 13.3. The number of aryl methyl sites for hydroxylation is 2. The van der Waals surface area contributed by atoms with Gasteiger partial charge in [-0.3, -0.25) is 9.48 Å². The zero-order valence-corrected chi connectivity index (χ0v) is 15.4. The fourth-order valence-corrected chi connectivity index (χ4v) is 3.55. The van der Waals surface area contributed by atoms with Crippen molar-refractivity contribution in [2.45, 2.75) is 6.92 Å². The Morgan fingerprint density at radius 3 is 2.42 bits per heavy atom. The number of hydrogen-bond donors (Lipinski definition) is 0. The summed E-state index contributed by atoms with van der Waals surface area (Å²) in [6.45, 7) is 5.24. The third-order valence-electron chi connectivity index (χ3n) is 5.06. The first-order valence-corrected chi connectivity index (χ1v) is 8.92. The summed E-state index contributed by atoms with van der Waals surface area (Å²) in [4.78, 5) is 22.3. The Bertz CT molecular complexity index is 955. The van der Waals surface area contributed by atoms with Crippen LogP contribution in [0, 0.1) is 6.92 Å². The number of fused-ring (bicyclic) bond motifs is 1. The van der Waals surface area contributed by atoms with E-state index in [1.54, 1.807) is 4.68 Å². The standard InChI is InChI=1S/C20H23N5O/c1-14-18-16(20(26)25-11-9-23(2)10-12-25)13-17(15-7-5-4-6-8-15)21-19(18)24(3)22-14/h4-8,13H,9-12H2,1-3H3. The molecule has 0 aliphatic carbocycles. The summed E-state index contributed by atoms with van der Waals surface area (Å²) in [5.74, 6) is 0.0683. The molecule has 6 heteroatoms. The second-order valence-electron chi connectivity index (χ2n) is 6.92. The molecule has 0 radical (unpaired) electrons. The first-order chi connectivity index (χ1) is 12.5. The molecule has 26 heavy (non-hydrogen) atoms. The van der Waals surface area contributed by atoms with E-state index in [1.807, 2.05) is 55.3 Å². The number of carbonyl (C=O) groups is 1. The first kappa shape index (κ1) is 16.7. The Labute approximate surface area is 153 Å². The molecule has 1 fully saturated rings. The molecule has 2 aromatic heterocycles. The SMILES string of the molecule is Cc1nn(C)c2nc(-c3ccccc3)cc(C(=O)N3CCN(C)CC3)c12. The molecule has 4 rings (SSSR count). The first-order valence-electron chi connectivity index (χ1n) is 8.92. The summed E-state index contributed by atoms with van der Waals surface area (Å²) >= 11 is 0. The van der Waals surface area contributed by atoms with Crippen molar-refractivity contribution in [1.29, 1.82) is 0 Å². The molecular weight excluding hydrogens is 326 g/mol. The molecule has 134 valence electrons. The molecular formula is C20H23N5O. The second-order valence-corrected chi connectivity index (χ2v) is 6.92. The van der Waals surface area contributed by atoms with Crippen molar-refractivity contribution in [3.63, 3.8) is 0 Å².